The van der Waals surface area contributed by atoms with E-state index in [4.69, 9.17) is 0 Å². The van der Waals surface area contributed by atoms with Gasteiger partial charge in [0.25, 0.3) is 0 Å². The summed E-state index contributed by atoms with van der Waals surface area (Å²) in [7, 11) is 0. The Bertz CT molecular complexity index is 2690. The smallest absolute Gasteiger partial charge is 0.0714 e. The quantitative estimate of drug-likeness (QED) is 0.161. The molecule has 254 valence electrons. The molecule has 0 spiro atoms. The Kier molecular flexibility index (Phi) is 7.78. The molecule has 0 heterocycles. The summed E-state index contributed by atoms with van der Waals surface area (Å²) in [5.74, 6) is 0. The molecular formula is C53H37N. The monoisotopic (exact) mass is 687 g/mol. The molecule has 1 aliphatic rings. The summed E-state index contributed by atoms with van der Waals surface area (Å²) >= 11 is 0. The van der Waals surface area contributed by atoms with Crippen LogP contribution in [-0.4, -0.2) is 0 Å². The minimum atomic E-state index is -0.528. The van der Waals surface area contributed by atoms with E-state index in [-0.39, 0.29) is 0 Å². The normalized spacial score (nSPS) is 12.6. The predicted molar refractivity (Wildman–Crippen MR) is 227 cm³/mol. The van der Waals surface area contributed by atoms with E-state index in [0.29, 0.717) is 0 Å². The molecule has 0 atom stereocenters. The second-order valence-corrected chi connectivity index (χ2v) is 14.1. The maximum atomic E-state index is 2.45. The van der Waals surface area contributed by atoms with Crippen molar-refractivity contribution in [1.29, 1.82) is 0 Å². The van der Waals surface area contributed by atoms with Crippen LogP contribution in [0.5, 0.6) is 0 Å². The van der Waals surface area contributed by atoms with Gasteiger partial charge in [-0.1, -0.05) is 182 Å². The lowest BCUT2D eigenvalue weighted by Gasteiger charge is -2.35. The zero-order chi connectivity index (χ0) is 35.9. The van der Waals surface area contributed by atoms with Gasteiger partial charge in [-0.2, -0.15) is 0 Å². The van der Waals surface area contributed by atoms with Crippen LogP contribution in [0.15, 0.2) is 224 Å². The van der Waals surface area contributed by atoms with Gasteiger partial charge in [0.05, 0.1) is 5.41 Å². The van der Waals surface area contributed by atoms with E-state index in [1.807, 2.05) is 0 Å². The van der Waals surface area contributed by atoms with Gasteiger partial charge in [0, 0.05) is 17.1 Å². The topological polar surface area (TPSA) is 3.24 Å². The van der Waals surface area contributed by atoms with Crippen molar-refractivity contribution < 1.29 is 0 Å². The Morgan fingerprint density at radius 3 is 1.54 bits per heavy atom. The molecule has 0 bridgehead atoms. The molecule has 0 aliphatic heterocycles. The predicted octanol–water partition coefficient (Wildman–Crippen LogP) is 14.0. The van der Waals surface area contributed by atoms with Crippen LogP contribution in [0, 0.1) is 0 Å². The van der Waals surface area contributed by atoms with Gasteiger partial charge in [0.1, 0.15) is 0 Å². The van der Waals surface area contributed by atoms with E-state index < -0.39 is 5.41 Å². The Hall–Kier alpha value is -6.96. The first kappa shape index (κ1) is 31.7. The van der Waals surface area contributed by atoms with Crippen LogP contribution in [0.3, 0.4) is 0 Å². The summed E-state index contributed by atoms with van der Waals surface area (Å²) in [5.41, 5.74) is 15.3. The van der Waals surface area contributed by atoms with Crippen LogP contribution in [0.2, 0.25) is 0 Å². The van der Waals surface area contributed by atoms with Crippen molar-refractivity contribution in [3.63, 3.8) is 0 Å². The minimum absolute atomic E-state index is 0.528. The van der Waals surface area contributed by atoms with Crippen molar-refractivity contribution >= 4 is 27.8 Å². The Morgan fingerprint density at radius 1 is 0.296 bits per heavy atom. The molecule has 1 heteroatoms. The third kappa shape index (κ3) is 5.17. The van der Waals surface area contributed by atoms with E-state index in [1.165, 1.54) is 66.4 Å². The summed E-state index contributed by atoms with van der Waals surface area (Å²) in [6, 6.07) is 82.0. The average molecular weight is 688 g/mol. The number of anilines is 3. The van der Waals surface area contributed by atoms with Crippen LogP contribution in [0.25, 0.3) is 44.2 Å². The van der Waals surface area contributed by atoms with Crippen molar-refractivity contribution in [3.05, 3.63) is 247 Å². The molecule has 0 fully saturated rings. The van der Waals surface area contributed by atoms with Gasteiger partial charge in [-0.15, -0.1) is 0 Å². The molecule has 9 aromatic rings. The average Bonchev–Trinajstić information content (AvgIpc) is 3.55. The number of hydrogen-bond acceptors (Lipinski definition) is 1. The number of para-hydroxylation sites is 1. The van der Waals surface area contributed by atoms with Gasteiger partial charge in [-0.3, -0.25) is 0 Å². The van der Waals surface area contributed by atoms with Crippen LogP contribution < -0.4 is 4.90 Å². The van der Waals surface area contributed by atoms with Crippen molar-refractivity contribution in [1.82, 2.24) is 0 Å². The Labute approximate surface area is 317 Å². The van der Waals surface area contributed by atoms with Gasteiger partial charge >= 0.3 is 0 Å². The fourth-order valence-electron chi connectivity index (χ4n) is 8.72. The molecule has 9 aromatic carbocycles. The van der Waals surface area contributed by atoms with Crippen LogP contribution in [0.1, 0.15) is 22.3 Å². The van der Waals surface area contributed by atoms with Crippen LogP contribution >= 0.6 is 0 Å². The number of fused-ring (bicyclic) bond motifs is 4. The standard InChI is InChI=1S/C53H37N/c1-5-16-38(17-6-1)39-28-31-45(32-29-39)54(44-24-11-4-12-25-44)46-33-34-49-50-36-41(48-27-15-19-40-18-13-14-26-47(40)48)30-35-51(50)53(52(49)37-46,42-20-7-2-8-21-42)43-22-9-3-10-23-43/h1-37H. The maximum absolute atomic E-state index is 2.45. The number of nitrogens with zero attached hydrogens (tertiary/aromatic N) is 1. The zero-order valence-electron chi connectivity index (χ0n) is 29.8. The van der Waals surface area contributed by atoms with Crippen LogP contribution in [0.4, 0.5) is 17.1 Å². The molecule has 0 N–H and O–H groups in total. The maximum Gasteiger partial charge on any atom is 0.0714 e. The van der Waals surface area contributed by atoms with Crippen molar-refractivity contribution in [2.45, 2.75) is 5.41 Å². The zero-order valence-corrected chi connectivity index (χ0v) is 29.8. The number of rotatable bonds is 7. The lowest BCUT2D eigenvalue weighted by Crippen LogP contribution is -2.28. The molecule has 0 radical (unpaired) electrons. The van der Waals surface area contributed by atoms with E-state index in [0.717, 1.165) is 17.1 Å². The molecule has 0 saturated heterocycles. The second-order valence-electron chi connectivity index (χ2n) is 14.1. The highest BCUT2D eigenvalue weighted by Gasteiger charge is 2.46. The lowest BCUT2D eigenvalue weighted by atomic mass is 9.67. The van der Waals surface area contributed by atoms with E-state index in [9.17, 15) is 0 Å². The van der Waals surface area contributed by atoms with Crippen molar-refractivity contribution in [3.8, 4) is 33.4 Å². The SMILES string of the molecule is c1ccc(-c2ccc(N(c3ccccc3)c3ccc4c(c3)C(c3ccccc3)(c3ccccc3)c3ccc(-c5cccc6ccccc56)cc3-4)cc2)cc1. The molecule has 1 nitrogen and oxygen atoms in total. The van der Waals surface area contributed by atoms with Gasteiger partial charge < -0.3 is 4.90 Å². The molecule has 0 saturated carbocycles. The van der Waals surface area contributed by atoms with E-state index in [1.54, 1.807) is 0 Å². The van der Waals surface area contributed by atoms with Gasteiger partial charge in [-0.05, 0) is 109 Å². The fraction of sp³-hybridized carbons (Fsp3) is 0.0189. The number of benzene rings is 9. The van der Waals surface area contributed by atoms with Gasteiger partial charge in [0.2, 0.25) is 0 Å². The van der Waals surface area contributed by atoms with E-state index >= 15 is 0 Å². The summed E-state index contributed by atoms with van der Waals surface area (Å²) in [6.45, 7) is 0. The molecular weight excluding hydrogens is 651 g/mol. The first-order valence-electron chi connectivity index (χ1n) is 18.7. The first-order chi connectivity index (χ1) is 26.8. The molecule has 0 aromatic heterocycles. The van der Waals surface area contributed by atoms with Crippen molar-refractivity contribution in [2.24, 2.45) is 0 Å². The third-order valence-corrected chi connectivity index (χ3v) is 11.1. The summed E-state index contributed by atoms with van der Waals surface area (Å²) in [5, 5.41) is 2.52. The molecule has 54 heavy (non-hydrogen) atoms. The summed E-state index contributed by atoms with van der Waals surface area (Å²) < 4.78 is 0. The third-order valence-electron chi connectivity index (χ3n) is 11.1. The fourth-order valence-corrected chi connectivity index (χ4v) is 8.72. The Balaban J connectivity index is 1.22. The second kappa shape index (κ2) is 13.2. The highest BCUT2D eigenvalue weighted by atomic mass is 15.1. The molecule has 10 rings (SSSR count). The van der Waals surface area contributed by atoms with E-state index in [2.05, 4.69) is 229 Å². The number of hydrogen-bond donors (Lipinski definition) is 0. The van der Waals surface area contributed by atoms with Crippen LogP contribution in [-0.2, 0) is 5.41 Å². The summed E-state index contributed by atoms with van der Waals surface area (Å²) in [6.07, 6.45) is 0. The minimum Gasteiger partial charge on any atom is -0.310 e. The molecule has 0 amide bonds. The van der Waals surface area contributed by atoms with Crippen molar-refractivity contribution in [2.75, 3.05) is 4.90 Å². The lowest BCUT2D eigenvalue weighted by molar-refractivity contribution is 0.768. The molecule has 0 unspecified atom stereocenters. The summed E-state index contributed by atoms with van der Waals surface area (Å²) in [4.78, 5) is 2.39. The highest BCUT2D eigenvalue weighted by molar-refractivity contribution is 5.99. The highest BCUT2D eigenvalue weighted by Crippen LogP contribution is 2.58. The Morgan fingerprint density at radius 2 is 0.833 bits per heavy atom. The molecule has 1 aliphatic carbocycles. The largest absolute Gasteiger partial charge is 0.310 e. The van der Waals surface area contributed by atoms with Gasteiger partial charge in [-0.25, -0.2) is 0 Å². The first-order valence-corrected chi connectivity index (χ1v) is 18.7. The van der Waals surface area contributed by atoms with Gasteiger partial charge in [0.15, 0.2) is 0 Å².